The third kappa shape index (κ3) is 10.5. The number of carbonyl (C=O) groups is 4. The lowest BCUT2D eigenvalue weighted by molar-refractivity contribution is -0.141. The minimum atomic E-state index is -1.25. The predicted molar refractivity (Wildman–Crippen MR) is 135 cm³/mol. The number of hydrogen-bond acceptors (Lipinski definition) is 8. The van der Waals surface area contributed by atoms with E-state index in [4.69, 9.17) is 11.5 Å². The van der Waals surface area contributed by atoms with Crippen LogP contribution in [-0.4, -0.2) is 70.4 Å². The summed E-state index contributed by atoms with van der Waals surface area (Å²) in [7, 11) is 0. The number of phenols is 1. The van der Waals surface area contributed by atoms with Gasteiger partial charge in [0.25, 0.3) is 0 Å². The molecule has 0 aromatic heterocycles. The minimum absolute atomic E-state index is 0.0504. The quantitative estimate of drug-likeness (QED) is 0.114. The summed E-state index contributed by atoms with van der Waals surface area (Å²) in [6.07, 6.45) is 1.42. The molecule has 0 bridgehead atoms. The molecule has 4 unspecified atom stereocenters. The summed E-state index contributed by atoms with van der Waals surface area (Å²) in [5.41, 5.74) is 12.1. The molecule has 0 fully saturated rings. The largest absolute Gasteiger partial charge is 0.508 e. The summed E-state index contributed by atoms with van der Waals surface area (Å²) in [4.78, 5) is 49.9. The number of aromatic hydroxyl groups is 1. The SMILES string of the molecule is CC(C)C(N)C(=O)NC(Cc1ccc(O)cc1)C(=O)NC(CCCCN)C(=O)NC(CS)C(=O)O. The van der Waals surface area contributed by atoms with E-state index in [9.17, 15) is 29.4 Å². The van der Waals surface area contributed by atoms with Gasteiger partial charge in [-0.15, -0.1) is 0 Å². The molecule has 11 nitrogen and oxygen atoms in total. The van der Waals surface area contributed by atoms with Crippen LogP contribution in [0, 0.1) is 5.92 Å². The van der Waals surface area contributed by atoms with Gasteiger partial charge in [0.2, 0.25) is 17.7 Å². The van der Waals surface area contributed by atoms with Gasteiger partial charge < -0.3 is 37.6 Å². The Kier molecular flexibility index (Phi) is 13.1. The fourth-order valence-corrected chi connectivity index (χ4v) is 3.39. The smallest absolute Gasteiger partial charge is 0.327 e. The van der Waals surface area contributed by atoms with Crippen molar-refractivity contribution in [1.29, 1.82) is 0 Å². The van der Waals surface area contributed by atoms with E-state index in [1.165, 1.54) is 12.1 Å². The molecule has 0 heterocycles. The molecule has 0 aliphatic rings. The number of thiol groups is 1. The van der Waals surface area contributed by atoms with E-state index in [1.54, 1.807) is 26.0 Å². The number of unbranched alkanes of at least 4 members (excludes halogenated alkanes) is 1. The first kappa shape index (κ1) is 30.2. The van der Waals surface area contributed by atoms with Crippen LogP contribution < -0.4 is 27.4 Å². The van der Waals surface area contributed by atoms with Crippen LogP contribution in [0.4, 0.5) is 0 Å². The fourth-order valence-electron chi connectivity index (χ4n) is 3.14. The molecule has 1 aromatic rings. The van der Waals surface area contributed by atoms with Gasteiger partial charge in [0, 0.05) is 12.2 Å². The van der Waals surface area contributed by atoms with Gasteiger partial charge in [-0.3, -0.25) is 14.4 Å². The van der Waals surface area contributed by atoms with Gasteiger partial charge in [-0.2, -0.15) is 12.6 Å². The number of carbonyl (C=O) groups excluding carboxylic acids is 3. The maximum Gasteiger partial charge on any atom is 0.327 e. The number of nitrogens with two attached hydrogens (primary N) is 2. The van der Waals surface area contributed by atoms with E-state index < -0.39 is 47.9 Å². The highest BCUT2D eigenvalue weighted by molar-refractivity contribution is 7.80. The molecule has 0 saturated carbocycles. The number of benzene rings is 1. The first-order valence-corrected chi connectivity index (χ1v) is 12.1. The number of rotatable bonds is 15. The van der Waals surface area contributed by atoms with Crippen molar-refractivity contribution >= 4 is 36.3 Å². The van der Waals surface area contributed by atoms with E-state index in [-0.39, 0.29) is 30.3 Å². The lowest BCUT2D eigenvalue weighted by atomic mass is 10.0. The van der Waals surface area contributed by atoms with Crippen LogP contribution in [0.5, 0.6) is 5.75 Å². The Bertz CT molecular complexity index is 851. The Balaban J connectivity index is 3.10. The predicted octanol–water partition coefficient (Wildman–Crippen LogP) is -0.484. The van der Waals surface area contributed by atoms with E-state index in [0.717, 1.165) is 0 Å². The van der Waals surface area contributed by atoms with Gasteiger partial charge in [0.15, 0.2) is 0 Å². The fraction of sp³-hybridized carbons (Fsp3) is 0.565. The molecule has 4 atom stereocenters. The van der Waals surface area contributed by atoms with Gasteiger partial charge in [-0.1, -0.05) is 26.0 Å². The molecule has 0 spiro atoms. The summed E-state index contributed by atoms with van der Waals surface area (Å²) in [6, 6.07) is 1.95. The third-order valence-corrected chi connectivity index (χ3v) is 5.77. The maximum absolute atomic E-state index is 13.2. The highest BCUT2D eigenvalue weighted by atomic mass is 32.1. The molecular formula is C23H37N5O6S. The Morgan fingerprint density at radius 1 is 0.914 bits per heavy atom. The van der Waals surface area contributed by atoms with Crippen LogP contribution in [0.1, 0.15) is 38.7 Å². The Labute approximate surface area is 210 Å². The molecule has 3 amide bonds. The first-order chi connectivity index (χ1) is 16.5. The molecule has 1 rings (SSSR count). The number of hydrogen-bond donors (Lipinski definition) is 8. The average Bonchev–Trinajstić information content (AvgIpc) is 2.81. The number of nitrogens with one attached hydrogen (secondary N) is 3. The molecule has 0 radical (unpaired) electrons. The van der Waals surface area contributed by atoms with Crippen LogP contribution in [0.3, 0.4) is 0 Å². The molecule has 12 heteroatoms. The van der Waals surface area contributed by atoms with Crippen LogP contribution in [0.25, 0.3) is 0 Å². The average molecular weight is 512 g/mol. The summed E-state index contributed by atoms with van der Waals surface area (Å²) in [5, 5.41) is 26.4. The van der Waals surface area contributed by atoms with Gasteiger partial charge in [-0.05, 0) is 49.4 Å². The first-order valence-electron chi connectivity index (χ1n) is 11.5. The third-order valence-electron chi connectivity index (χ3n) is 5.41. The van der Waals surface area contributed by atoms with Gasteiger partial charge >= 0.3 is 5.97 Å². The monoisotopic (exact) mass is 511 g/mol. The Morgan fingerprint density at radius 3 is 1.97 bits per heavy atom. The normalized spacial score (nSPS) is 14.5. The van der Waals surface area contributed by atoms with Crippen molar-refractivity contribution in [2.24, 2.45) is 17.4 Å². The second kappa shape index (κ2) is 15.2. The molecule has 196 valence electrons. The highest BCUT2D eigenvalue weighted by Crippen LogP contribution is 2.12. The van der Waals surface area contributed by atoms with Crippen molar-refractivity contribution < 1.29 is 29.4 Å². The summed E-state index contributed by atoms with van der Waals surface area (Å²) in [6.45, 7) is 3.94. The molecule has 1 aromatic carbocycles. The van der Waals surface area contributed by atoms with Crippen molar-refractivity contribution in [2.75, 3.05) is 12.3 Å². The topological polar surface area (TPSA) is 197 Å². The van der Waals surface area contributed by atoms with Crippen molar-refractivity contribution in [1.82, 2.24) is 16.0 Å². The van der Waals surface area contributed by atoms with Crippen molar-refractivity contribution in [2.45, 2.75) is 63.7 Å². The number of carboxylic acids is 1. The lowest BCUT2D eigenvalue weighted by Crippen LogP contribution is -2.58. The second-order valence-corrected chi connectivity index (χ2v) is 8.99. The number of aliphatic carboxylic acids is 1. The van der Waals surface area contributed by atoms with Crippen molar-refractivity contribution in [3.05, 3.63) is 29.8 Å². The number of amides is 3. The van der Waals surface area contributed by atoms with E-state index in [0.29, 0.717) is 24.9 Å². The van der Waals surface area contributed by atoms with Crippen LogP contribution >= 0.6 is 12.6 Å². The highest BCUT2D eigenvalue weighted by Gasteiger charge is 2.30. The van der Waals surface area contributed by atoms with E-state index >= 15 is 0 Å². The standard InChI is InChI=1S/C23H37N5O6S/c1-13(2)19(25)22(32)27-17(11-14-6-8-15(29)9-7-14)21(31)26-16(5-3-4-10-24)20(30)28-18(12-35)23(33)34/h6-9,13,16-19,29,35H,3-5,10-12,24-25H2,1-2H3,(H,26,31)(H,27,32)(H,28,30)(H,33,34). The molecule has 0 saturated heterocycles. The van der Waals surface area contributed by atoms with Gasteiger partial charge in [0.05, 0.1) is 6.04 Å². The van der Waals surface area contributed by atoms with Crippen LogP contribution in [0.2, 0.25) is 0 Å². The summed E-state index contributed by atoms with van der Waals surface area (Å²) >= 11 is 3.95. The van der Waals surface area contributed by atoms with Crippen LogP contribution in [-0.2, 0) is 25.6 Å². The Hall–Kier alpha value is -2.83. The Morgan fingerprint density at radius 2 is 1.46 bits per heavy atom. The molecule has 0 aliphatic carbocycles. The van der Waals surface area contributed by atoms with E-state index in [2.05, 4.69) is 28.6 Å². The lowest BCUT2D eigenvalue weighted by Gasteiger charge is -2.26. The van der Waals surface area contributed by atoms with Crippen molar-refractivity contribution in [3.63, 3.8) is 0 Å². The zero-order valence-corrected chi connectivity index (χ0v) is 21.0. The van der Waals surface area contributed by atoms with Gasteiger partial charge in [0.1, 0.15) is 23.9 Å². The van der Waals surface area contributed by atoms with E-state index in [1.807, 2.05) is 0 Å². The molecular weight excluding hydrogens is 474 g/mol. The summed E-state index contributed by atoms with van der Waals surface area (Å²) in [5.74, 6) is -3.33. The summed E-state index contributed by atoms with van der Waals surface area (Å²) < 4.78 is 0. The van der Waals surface area contributed by atoms with Crippen LogP contribution in [0.15, 0.2) is 24.3 Å². The minimum Gasteiger partial charge on any atom is -0.508 e. The molecule has 0 aliphatic heterocycles. The number of carboxylic acid groups (broad SMARTS) is 1. The maximum atomic E-state index is 13.2. The molecule has 35 heavy (non-hydrogen) atoms. The van der Waals surface area contributed by atoms with Crippen molar-refractivity contribution in [3.8, 4) is 5.75 Å². The number of phenolic OH excluding ortho intramolecular Hbond substituents is 1. The van der Waals surface area contributed by atoms with Gasteiger partial charge in [-0.25, -0.2) is 4.79 Å². The molecule has 9 N–H and O–H groups in total. The second-order valence-electron chi connectivity index (χ2n) is 8.63. The zero-order chi connectivity index (χ0) is 26.5. The zero-order valence-electron chi connectivity index (χ0n) is 20.1.